The van der Waals surface area contributed by atoms with Gasteiger partial charge in [0.2, 0.25) is 0 Å². The SMILES string of the molecule is COc1ccc(Cn2cnc3c2=CN(Cc2nc(C)c4ccccc4n2)C(NCCO)N=3)cc1. The van der Waals surface area contributed by atoms with Crippen molar-refractivity contribution in [2.45, 2.75) is 26.3 Å². The minimum Gasteiger partial charge on any atom is -0.497 e. The van der Waals surface area contributed by atoms with E-state index in [1.165, 1.54) is 0 Å². The molecule has 1 aliphatic heterocycles. The summed E-state index contributed by atoms with van der Waals surface area (Å²) in [4.78, 5) is 20.9. The van der Waals surface area contributed by atoms with E-state index in [-0.39, 0.29) is 12.9 Å². The predicted octanol–water partition coefficient (Wildman–Crippen LogP) is 0.931. The average molecular weight is 458 g/mol. The smallest absolute Gasteiger partial charge is 0.178 e. The van der Waals surface area contributed by atoms with Crippen molar-refractivity contribution in [2.75, 3.05) is 20.3 Å². The van der Waals surface area contributed by atoms with Crippen LogP contribution in [0.25, 0.3) is 17.1 Å². The molecular weight excluding hydrogens is 430 g/mol. The molecule has 0 spiro atoms. The van der Waals surface area contributed by atoms with E-state index < -0.39 is 0 Å². The summed E-state index contributed by atoms with van der Waals surface area (Å²) in [5, 5.41) is 14.6. The van der Waals surface area contributed by atoms with Gasteiger partial charge in [-0.3, -0.25) is 5.32 Å². The Morgan fingerprint density at radius 2 is 1.88 bits per heavy atom. The number of aryl methyl sites for hydroxylation is 1. The highest BCUT2D eigenvalue weighted by Gasteiger charge is 2.21. The van der Waals surface area contributed by atoms with Gasteiger partial charge in [-0.05, 0) is 30.7 Å². The molecule has 174 valence electrons. The highest BCUT2D eigenvalue weighted by atomic mass is 16.5. The zero-order valence-electron chi connectivity index (χ0n) is 19.2. The Bertz CT molecular complexity index is 1420. The van der Waals surface area contributed by atoms with E-state index in [4.69, 9.17) is 19.7 Å². The summed E-state index contributed by atoms with van der Waals surface area (Å²) in [6.45, 7) is 3.56. The van der Waals surface area contributed by atoms with Crippen LogP contribution < -0.4 is 20.9 Å². The van der Waals surface area contributed by atoms with E-state index in [1.54, 1.807) is 13.4 Å². The summed E-state index contributed by atoms with van der Waals surface area (Å²) < 4.78 is 7.33. The number of nitrogens with one attached hydrogen (secondary N) is 1. The molecule has 3 heterocycles. The summed E-state index contributed by atoms with van der Waals surface area (Å²) in [7, 11) is 1.66. The van der Waals surface area contributed by atoms with E-state index in [1.807, 2.05) is 66.6 Å². The van der Waals surface area contributed by atoms with Crippen molar-refractivity contribution >= 4 is 17.1 Å². The second-order valence-corrected chi connectivity index (χ2v) is 8.15. The van der Waals surface area contributed by atoms with Gasteiger partial charge in [0.25, 0.3) is 0 Å². The van der Waals surface area contributed by atoms with Crippen molar-refractivity contribution in [1.82, 2.24) is 29.7 Å². The fraction of sp³-hybridized carbons (Fsp3) is 0.280. The maximum Gasteiger partial charge on any atom is 0.178 e. The maximum absolute atomic E-state index is 9.34. The molecule has 4 aromatic rings. The van der Waals surface area contributed by atoms with Gasteiger partial charge in [0, 0.05) is 30.4 Å². The Balaban J connectivity index is 1.48. The molecule has 1 aliphatic rings. The molecule has 1 unspecified atom stereocenters. The summed E-state index contributed by atoms with van der Waals surface area (Å²) in [5.74, 6) is 1.54. The van der Waals surface area contributed by atoms with Crippen molar-refractivity contribution in [1.29, 1.82) is 0 Å². The Kier molecular flexibility index (Phi) is 6.20. The molecule has 0 saturated heterocycles. The third kappa shape index (κ3) is 4.48. The van der Waals surface area contributed by atoms with Crippen LogP contribution in [0.1, 0.15) is 17.1 Å². The molecule has 2 N–H and O–H groups in total. The van der Waals surface area contributed by atoms with Crippen LogP contribution in [0.4, 0.5) is 0 Å². The Morgan fingerprint density at radius 3 is 2.68 bits per heavy atom. The minimum absolute atomic E-state index is 0.0181. The van der Waals surface area contributed by atoms with Crippen molar-refractivity contribution < 1.29 is 9.84 Å². The maximum atomic E-state index is 9.34. The van der Waals surface area contributed by atoms with E-state index in [9.17, 15) is 5.11 Å². The van der Waals surface area contributed by atoms with Gasteiger partial charge in [-0.25, -0.2) is 19.9 Å². The number of hydrogen-bond acceptors (Lipinski definition) is 8. The third-order valence-electron chi connectivity index (χ3n) is 5.82. The molecule has 0 fully saturated rings. The number of para-hydroxylation sites is 1. The van der Waals surface area contributed by atoms with Crippen LogP contribution in [-0.2, 0) is 13.1 Å². The molecule has 0 aliphatic carbocycles. The van der Waals surface area contributed by atoms with Gasteiger partial charge in [-0.15, -0.1) is 0 Å². The summed E-state index contributed by atoms with van der Waals surface area (Å²) in [6, 6.07) is 16.0. The first kappa shape index (κ1) is 22.0. The van der Waals surface area contributed by atoms with Crippen LogP contribution in [0.5, 0.6) is 5.75 Å². The van der Waals surface area contributed by atoms with Crippen LogP contribution in [0.3, 0.4) is 0 Å². The number of hydrogen-bond donors (Lipinski definition) is 2. The standard InChI is InChI=1S/C25H27N7O2/c1-17-20-5-3-4-6-21(20)29-23(28-17)15-31-14-22-24(30-25(31)26-11-12-33)27-16-32(22)13-18-7-9-19(34-2)10-8-18/h3-10,14,16,25-26,33H,11-13,15H2,1-2H3. The van der Waals surface area contributed by atoms with Gasteiger partial charge in [0.15, 0.2) is 11.8 Å². The molecule has 0 bridgehead atoms. The van der Waals surface area contributed by atoms with Crippen LogP contribution in [0.15, 0.2) is 59.9 Å². The molecule has 9 heteroatoms. The van der Waals surface area contributed by atoms with Gasteiger partial charge >= 0.3 is 0 Å². The highest BCUT2D eigenvalue weighted by molar-refractivity contribution is 5.80. The van der Waals surface area contributed by atoms with Gasteiger partial charge in [0.05, 0.1) is 32.1 Å². The van der Waals surface area contributed by atoms with Gasteiger partial charge in [-0.2, -0.15) is 0 Å². The molecule has 34 heavy (non-hydrogen) atoms. The Hall–Kier alpha value is -3.82. The minimum atomic E-state index is -0.376. The van der Waals surface area contributed by atoms with Crippen LogP contribution in [0, 0.1) is 6.92 Å². The zero-order valence-corrected chi connectivity index (χ0v) is 19.2. The topological polar surface area (TPSA) is 101 Å². The number of aliphatic hydroxyl groups is 1. The first-order valence-corrected chi connectivity index (χ1v) is 11.2. The monoisotopic (exact) mass is 457 g/mol. The van der Waals surface area contributed by atoms with E-state index >= 15 is 0 Å². The molecule has 1 atom stereocenters. The Morgan fingerprint density at radius 1 is 1.06 bits per heavy atom. The van der Waals surface area contributed by atoms with E-state index in [2.05, 4.69) is 14.9 Å². The lowest BCUT2D eigenvalue weighted by atomic mass is 10.2. The number of nitrogens with zero attached hydrogens (tertiary/aromatic N) is 6. The molecule has 2 aromatic heterocycles. The average Bonchev–Trinajstić information content (AvgIpc) is 3.24. The third-order valence-corrected chi connectivity index (χ3v) is 5.82. The number of ether oxygens (including phenoxy) is 1. The number of aliphatic hydroxyl groups excluding tert-OH is 1. The van der Waals surface area contributed by atoms with Gasteiger partial charge in [-0.1, -0.05) is 30.3 Å². The fourth-order valence-electron chi connectivity index (χ4n) is 4.10. The number of rotatable bonds is 8. The van der Waals surface area contributed by atoms with Gasteiger partial charge < -0.3 is 19.3 Å². The van der Waals surface area contributed by atoms with Crippen molar-refractivity contribution in [3.63, 3.8) is 0 Å². The number of methoxy groups -OCH3 is 1. The summed E-state index contributed by atoms with van der Waals surface area (Å²) in [5.41, 5.74) is 3.66. The van der Waals surface area contributed by atoms with Crippen LogP contribution in [0.2, 0.25) is 0 Å². The van der Waals surface area contributed by atoms with Crippen LogP contribution in [-0.4, -0.2) is 56.1 Å². The lowest BCUT2D eigenvalue weighted by molar-refractivity contribution is 0.215. The lowest BCUT2D eigenvalue weighted by Crippen LogP contribution is -2.50. The molecule has 0 saturated carbocycles. The van der Waals surface area contributed by atoms with E-state index in [0.29, 0.717) is 30.9 Å². The summed E-state index contributed by atoms with van der Waals surface area (Å²) >= 11 is 0. The number of imidazole rings is 1. The second kappa shape index (κ2) is 9.58. The fourth-order valence-corrected chi connectivity index (χ4v) is 4.10. The molecular formula is C25H27N7O2. The van der Waals surface area contributed by atoms with Crippen molar-refractivity contribution in [3.05, 3.63) is 82.8 Å². The van der Waals surface area contributed by atoms with Crippen LogP contribution >= 0.6 is 0 Å². The quantitative estimate of drug-likeness (QED) is 0.406. The normalized spacial score (nSPS) is 15.0. The molecule has 0 radical (unpaired) electrons. The van der Waals surface area contributed by atoms with E-state index in [0.717, 1.165) is 33.3 Å². The van der Waals surface area contributed by atoms with Crippen molar-refractivity contribution in [2.24, 2.45) is 4.99 Å². The predicted molar refractivity (Wildman–Crippen MR) is 128 cm³/mol. The molecule has 9 nitrogen and oxygen atoms in total. The first-order chi connectivity index (χ1) is 16.6. The molecule has 2 aromatic carbocycles. The largest absolute Gasteiger partial charge is 0.497 e. The zero-order chi connectivity index (χ0) is 23.5. The number of fused-ring (bicyclic) bond motifs is 2. The lowest BCUT2D eigenvalue weighted by Gasteiger charge is -2.29. The van der Waals surface area contributed by atoms with Crippen molar-refractivity contribution in [3.8, 4) is 5.75 Å². The Labute approximate surface area is 197 Å². The summed E-state index contributed by atoms with van der Waals surface area (Å²) in [6.07, 6.45) is 3.47. The first-order valence-electron chi connectivity index (χ1n) is 11.2. The number of aromatic nitrogens is 4. The molecule has 0 amide bonds. The highest BCUT2D eigenvalue weighted by Crippen LogP contribution is 2.17. The molecule has 5 rings (SSSR count). The van der Waals surface area contributed by atoms with Gasteiger partial charge in [0.1, 0.15) is 16.9 Å². The number of benzene rings is 2. The second-order valence-electron chi connectivity index (χ2n) is 8.15.